The van der Waals surface area contributed by atoms with Crippen molar-refractivity contribution in [3.8, 4) is 0 Å². The Morgan fingerprint density at radius 2 is 1.36 bits per heavy atom. The molecule has 1 heterocycles. The van der Waals surface area contributed by atoms with Gasteiger partial charge in [-0.25, -0.2) is 0 Å². The van der Waals surface area contributed by atoms with E-state index in [1.807, 2.05) is 13.8 Å². The van der Waals surface area contributed by atoms with Crippen molar-refractivity contribution < 1.29 is 14.6 Å². The molecule has 0 aliphatic carbocycles. The zero-order valence-corrected chi connectivity index (χ0v) is 7.38. The number of hydrogen-bond acceptors (Lipinski definition) is 3. The van der Waals surface area contributed by atoms with Crippen molar-refractivity contribution in [2.75, 3.05) is 33.0 Å². The molecule has 1 N–H and O–H groups in total. The first-order valence-electron chi connectivity index (χ1n) is 4.03. The smallest absolute Gasteiger partial charge is 0.0701 e. The van der Waals surface area contributed by atoms with E-state index < -0.39 is 0 Å². The highest BCUT2D eigenvalue weighted by atomic mass is 16.6. The monoisotopic (exact) mass is 162 g/mol. The standard InChI is InChI=1S/C4H8O2.C4H10O/c1-2-6-4-3-5-1;1-4(2)3-5/h1-4H2;4-5H,3H2,1-2H3. The van der Waals surface area contributed by atoms with Gasteiger partial charge in [-0.1, -0.05) is 13.8 Å². The number of ether oxygens (including phenoxy) is 2. The van der Waals surface area contributed by atoms with Gasteiger partial charge in [0.25, 0.3) is 0 Å². The molecule has 0 spiro atoms. The molecule has 0 amide bonds. The van der Waals surface area contributed by atoms with Crippen LogP contribution in [-0.2, 0) is 9.47 Å². The van der Waals surface area contributed by atoms with Gasteiger partial charge in [0.2, 0.25) is 0 Å². The molecule has 11 heavy (non-hydrogen) atoms. The first-order chi connectivity index (χ1) is 5.27. The summed E-state index contributed by atoms with van der Waals surface area (Å²) in [6.07, 6.45) is 0. The van der Waals surface area contributed by atoms with Gasteiger partial charge in [-0.05, 0) is 5.92 Å². The molecule has 0 aromatic rings. The van der Waals surface area contributed by atoms with Crippen LogP contribution in [0.5, 0.6) is 0 Å². The predicted molar refractivity (Wildman–Crippen MR) is 43.6 cm³/mol. The summed E-state index contributed by atoms with van der Waals surface area (Å²) in [5.74, 6) is 0.440. The molecule has 1 aliphatic rings. The van der Waals surface area contributed by atoms with Gasteiger partial charge in [0.05, 0.1) is 26.4 Å². The molecule has 0 radical (unpaired) electrons. The Kier molecular flexibility index (Phi) is 7.89. The van der Waals surface area contributed by atoms with Crippen molar-refractivity contribution in [2.24, 2.45) is 5.92 Å². The van der Waals surface area contributed by atoms with E-state index in [2.05, 4.69) is 0 Å². The topological polar surface area (TPSA) is 38.7 Å². The summed E-state index contributed by atoms with van der Waals surface area (Å²) in [6, 6.07) is 0. The van der Waals surface area contributed by atoms with E-state index in [4.69, 9.17) is 14.6 Å². The minimum atomic E-state index is 0.306. The fourth-order valence-corrected chi connectivity index (χ4v) is 0.440. The van der Waals surface area contributed by atoms with Crippen molar-refractivity contribution in [2.45, 2.75) is 13.8 Å². The molecule has 0 bridgehead atoms. The molecule has 1 rings (SSSR count). The van der Waals surface area contributed by atoms with Gasteiger partial charge in [-0.3, -0.25) is 0 Å². The van der Waals surface area contributed by atoms with Crippen molar-refractivity contribution in [3.05, 3.63) is 0 Å². The van der Waals surface area contributed by atoms with Crippen LogP contribution in [0.2, 0.25) is 0 Å². The van der Waals surface area contributed by atoms with Crippen LogP contribution in [0, 0.1) is 5.92 Å². The summed E-state index contributed by atoms with van der Waals surface area (Å²) in [4.78, 5) is 0. The van der Waals surface area contributed by atoms with Crippen molar-refractivity contribution in [3.63, 3.8) is 0 Å². The lowest BCUT2D eigenvalue weighted by Crippen LogP contribution is -2.16. The number of aliphatic hydroxyl groups excluding tert-OH is 1. The van der Waals surface area contributed by atoms with Gasteiger partial charge in [-0.15, -0.1) is 0 Å². The maximum Gasteiger partial charge on any atom is 0.0701 e. The molecule has 3 heteroatoms. The highest BCUT2D eigenvalue weighted by Crippen LogP contribution is 1.85. The summed E-state index contributed by atoms with van der Waals surface area (Å²) >= 11 is 0. The fourth-order valence-electron chi connectivity index (χ4n) is 0.440. The molecule has 1 aliphatic heterocycles. The maximum absolute atomic E-state index is 8.14. The number of aliphatic hydroxyl groups is 1. The molecule has 68 valence electrons. The molecule has 0 aromatic heterocycles. The van der Waals surface area contributed by atoms with Crippen molar-refractivity contribution in [1.29, 1.82) is 0 Å². The van der Waals surface area contributed by atoms with Gasteiger partial charge in [-0.2, -0.15) is 0 Å². The van der Waals surface area contributed by atoms with Gasteiger partial charge in [0.1, 0.15) is 0 Å². The van der Waals surface area contributed by atoms with E-state index in [0.29, 0.717) is 12.5 Å². The Balaban J connectivity index is 0.000000187. The summed E-state index contributed by atoms with van der Waals surface area (Å²) in [7, 11) is 0. The first kappa shape index (κ1) is 10.9. The molecule has 0 atom stereocenters. The van der Waals surface area contributed by atoms with Gasteiger partial charge >= 0.3 is 0 Å². The SMILES string of the molecule is C1COCCO1.CC(C)CO. The maximum atomic E-state index is 8.14. The lowest BCUT2D eigenvalue weighted by Gasteiger charge is -2.09. The minimum Gasteiger partial charge on any atom is -0.396 e. The Hall–Kier alpha value is -0.120. The van der Waals surface area contributed by atoms with Crippen molar-refractivity contribution >= 4 is 0 Å². The Labute approximate surface area is 68.3 Å². The van der Waals surface area contributed by atoms with Crippen LogP contribution in [0.25, 0.3) is 0 Å². The van der Waals surface area contributed by atoms with Crippen LogP contribution in [0.3, 0.4) is 0 Å². The van der Waals surface area contributed by atoms with Crippen LogP contribution in [0.4, 0.5) is 0 Å². The van der Waals surface area contributed by atoms with Crippen LogP contribution >= 0.6 is 0 Å². The lowest BCUT2D eigenvalue weighted by atomic mass is 10.2. The molecule has 0 saturated carbocycles. The van der Waals surface area contributed by atoms with Crippen LogP contribution in [-0.4, -0.2) is 38.1 Å². The van der Waals surface area contributed by atoms with Gasteiger partial charge in [0.15, 0.2) is 0 Å². The van der Waals surface area contributed by atoms with E-state index in [1.165, 1.54) is 0 Å². The number of hydrogen-bond donors (Lipinski definition) is 1. The third-order valence-electron chi connectivity index (χ3n) is 1.11. The van der Waals surface area contributed by atoms with E-state index in [0.717, 1.165) is 26.4 Å². The van der Waals surface area contributed by atoms with Crippen LogP contribution in [0.15, 0.2) is 0 Å². The molecule has 0 aromatic carbocycles. The summed E-state index contributed by atoms with van der Waals surface area (Å²) in [5.41, 5.74) is 0. The fraction of sp³-hybridized carbons (Fsp3) is 1.00. The Morgan fingerprint density at radius 3 is 1.45 bits per heavy atom. The second-order valence-corrected chi connectivity index (χ2v) is 2.80. The van der Waals surface area contributed by atoms with Crippen molar-refractivity contribution in [1.82, 2.24) is 0 Å². The highest BCUT2D eigenvalue weighted by Gasteiger charge is 1.94. The quantitative estimate of drug-likeness (QED) is 0.616. The third-order valence-corrected chi connectivity index (χ3v) is 1.11. The van der Waals surface area contributed by atoms with Crippen LogP contribution < -0.4 is 0 Å². The molecular formula is C8H18O3. The second kappa shape index (κ2) is 7.98. The van der Waals surface area contributed by atoms with E-state index >= 15 is 0 Å². The summed E-state index contributed by atoms with van der Waals surface area (Å²) in [5, 5.41) is 8.14. The first-order valence-corrected chi connectivity index (χ1v) is 4.03. The molecule has 1 saturated heterocycles. The zero-order chi connectivity index (χ0) is 8.53. The zero-order valence-electron chi connectivity index (χ0n) is 7.38. The lowest BCUT2D eigenvalue weighted by molar-refractivity contribution is -0.0334. The Morgan fingerprint density at radius 1 is 1.09 bits per heavy atom. The molecular weight excluding hydrogens is 144 g/mol. The normalized spacial score (nSPS) is 17.5. The van der Waals surface area contributed by atoms with E-state index in [9.17, 15) is 0 Å². The minimum absolute atomic E-state index is 0.306. The van der Waals surface area contributed by atoms with Crippen LogP contribution in [0.1, 0.15) is 13.8 Å². The second-order valence-electron chi connectivity index (χ2n) is 2.80. The molecule has 3 nitrogen and oxygen atoms in total. The Bertz CT molecular complexity index is 58.2. The number of rotatable bonds is 1. The molecule has 0 unspecified atom stereocenters. The summed E-state index contributed by atoms with van der Waals surface area (Å²) in [6.45, 7) is 7.36. The average Bonchev–Trinajstić information content (AvgIpc) is 2.09. The largest absolute Gasteiger partial charge is 0.396 e. The highest BCUT2D eigenvalue weighted by molar-refractivity contribution is 4.37. The average molecular weight is 162 g/mol. The molecule has 1 fully saturated rings. The predicted octanol–water partition coefficient (Wildman–Crippen LogP) is 0.668. The van der Waals surface area contributed by atoms with E-state index in [-0.39, 0.29) is 0 Å². The third kappa shape index (κ3) is 9.88. The van der Waals surface area contributed by atoms with Gasteiger partial charge < -0.3 is 14.6 Å². The van der Waals surface area contributed by atoms with E-state index in [1.54, 1.807) is 0 Å². The van der Waals surface area contributed by atoms with Gasteiger partial charge in [0, 0.05) is 6.61 Å². The summed E-state index contributed by atoms with van der Waals surface area (Å²) < 4.78 is 9.89.